The molecule has 0 radical (unpaired) electrons. The van der Waals surface area contributed by atoms with Gasteiger partial charge >= 0.3 is 12.0 Å². The Balaban J connectivity index is 1.33. The quantitative estimate of drug-likeness (QED) is 0.355. The summed E-state index contributed by atoms with van der Waals surface area (Å²) in [6.45, 7) is 5.58. The summed E-state index contributed by atoms with van der Waals surface area (Å²) in [6, 6.07) is 11.4. The number of carbonyl (C=O) groups is 4. The number of aromatic nitrogens is 1. The number of hydrogen-bond acceptors (Lipinski definition) is 5. The minimum atomic E-state index is -0.928. The molecule has 8 nitrogen and oxygen atoms in total. The van der Waals surface area contributed by atoms with Gasteiger partial charge in [0.1, 0.15) is 12.1 Å². The minimum Gasteiger partial charge on any atom is -0.456 e. The lowest BCUT2D eigenvalue weighted by Gasteiger charge is -2.36. The second-order valence-corrected chi connectivity index (χ2v) is 9.70. The number of rotatable bonds is 8. The monoisotopic (exact) mass is 479 g/mol. The zero-order valence-electron chi connectivity index (χ0n) is 20.6. The van der Waals surface area contributed by atoms with Crippen molar-refractivity contribution in [3.05, 3.63) is 58.9 Å². The van der Waals surface area contributed by atoms with E-state index in [4.69, 9.17) is 4.74 Å². The first-order chi connectivity index (χ1) is 16.7. The molecule has 1 saturated carbocycles. The number of nitrogens with one attached hydrogen (secondary N) is 1. The van der Waals surface area contributed by atoms with Gasteiger partial charge in [-0.1, -0.05) is 50.1 Å². The molecule has 0 unspecified atom stereocenters. The molecule has 1 aromatic carbocycles. The van der Waals surface area contributed by atoms with E-state index in [0.717, 1.165) is 48.5 Å². The number of esters is 1. The van der Waals surface area contributed by atoms with Crippen LogP contribution in [0, 0.1) is 19.8 Å². The summed E-state index contributed by atoms with van der Waals surface area (Å²) >= 11 is 0. The molecule has 2 fully saturated rings. The lowest BCUT2D eigenvalue weighted by Crippen LogP contribution is -2.54. The first kappa shape index (κ1) is 24.7. The summed E-state index contributed by atoms with van der Waals surface area (Å²) in [5.41, 5.74) is 2.57. The number of hydrogen-bond donors (Lipinski definition) is 1. The zero-order valence-corrected chi connectivity index (χ0v) is 20.6. The highest BCUT2D eigenvalue weighted by Crippen LogP contribution is 2.38. The van der Waals surface area contributed by atoms with Gasteiger partial charge in [-0.15, -0.1) is 0 Å². The molecule has 1 saturated heterocycles. The van der Waals surface area contributed by atoms with E-state index >= 15 is 0 Å². The summed E-state index contributed by atoms with van der Waals surface area (Å²) in [7, 11) is 0. The fraction of sp³-hybridized carbons (Fsp3) is 0.481. The smallest absolute Gasteiger partial charge is 0.326 e. The normalized spacial score (nSPS) is 21.9. The maximum Gasteiger partial charge on any atom is 0.326 e. The Hall–Kier alpha value is -3.42. The number of imide groups is 1. The number of urea groups is 1. The van der Waals surface area contributed by atoms with E-state index in [0.29, 0.717) is 12.0 Å². The first-order valence-corrected chi connectivity index (χ1v) is 12.3. The second-order valence-electron chi connectivity index (χ2n) is 9.70. The number of ether oxygens (including phenoxy) is 1. The minimum absolute atomic E-state index is 0.00689. The lowest BCUT2D eigenvalue weighted by atomic mass is 9.73. The Morgan fingerprint density at radius 1 is 1.14 bits per heavy atom. The van der Waals surface area contributed by atoms with Crippen molar-refractivity contribution in [2.24, 2.45) is 5.92 Å². The van der Waals surface area contributed by atoms with Crippen molar-refractivity contribution in [1.29, 1.82) is 0 Å². The highest BCUT2D eigenvalue weighted by Gasteiger charge is 2.55. The molecule has 4 rings (SSSR count). The molecule has 2 aromatic rings. The largest absolute Gasteiger partial charge is 0.456 e. The lowest BCUT2D eigenvalue weighted by molar-refractivity contribution is -0.147. The van der Waals surface area contributed by atoms with E-state index in [1.807, 2.05) is 45.0 Å². The topological polar surface area (TPSA) is 97.7 Å². The molecule has 2 aliphatic rings. The Morgan fingerprint density at radius 2 is 1.89 bits per heavy atom. The molecule has 2 atom stereocenters. The van der Waals surface area contributed by atoms with Crippen LogP contribution in [-0.2, 0) is 27.3 Å². The fourth-order valence-corrected chi connectivity index (χ4v) is 5.35. The van der Waals surface area contributed by atoms with E-state index in [2.05, 4.69) is 22.0 Å². The Bertz CT molecular complexity index is 1140. The molecule has 3 amide bonds. The number of carbonyl (C=O) groups excluding carboxylic acids is 4. The molecule has 35 heavy (non-hydrogen) atoms. The summed E-state index contributed by atoms with van der Waals surface area (Å²) < 4.78 is 7.26. The van der Waals surface area contributed by atoms with Crippen LogP contribution < -0.4 is 5.32 Å². The highest BCUT2D eigenvalue weighted by atomic mass is 16.5. The van der Waals surface area contributed by atoms with Crippen LogP contribution in [-0.4, -0.2) is 51.8 Å². The van der Waals surface area contributed by atoms with Crippen LogP contribution >= 0.6 is 0 Å². The van der Waals surface area contributed by atoms with Crippen LogP contribution in [0.4, 0.5) is 4.79 Å². The van der Waals surface area contributed by atoms with Crippen molar-refractivity contribution in [1.82, 2.24) is 14.8 Å². The van der Waals surface area contributed by atoms with Gasteiger partial charge in [0.15, 0.2) is 6.61 Å². The van der Waals surface area contributed by atoms with Gasteiger partial charge in [0.2, 0.25) is 5.78 Å². The predicted molar refractivity (Wildman–Crippen MR) is 130 cm³/mol. The van der Waals surface area contributed by atoms with Crippen LogP contribution in [0.15, 0.2) is 36.4 Å². The van der Waals surface area contributed by atoms with Crippen molar-refractivity contribution < 1.29 is 23.9 Å². The van der Waals surface area contributed by atoms with Crippen LogP contribution in [0.1, 0.15) is 59.9 Å². The van der Waals surface area contributed by atoms with Crippen molar-refractivity contribution in [3.63, 3.8) is 0 Å². The van der Waals surface area contributed by atoms with Crippen LogP contribution in [0.5, 0.6) is 0 Å². The molecule has 1 aromatic heterocycles. The highest BCUT2D eigenvalue weighted by molar-refractivity contribution is 6.09. The number of Topliss-reactive ketones (excluding diaryl/α,β-unsaturated/α-hetero) is 1. The maximum atomic E-state index is 13.0. The second kappa shape index (κ2) is 10.1. The number of benzene rings is 1. The first-order valence-electron chi connectivity index (χ1n) is 12.3. The Morgan fingerprint density at radius 3 is 2.60 bits per heavy atom. The molecule has 8 heteroatoms. The van der Waals surface area contributed by atoms with Gasteiger partial charge < -0.3 is 14.6 Å². The van der Waals surface area contributed by atoms with Crippen LogP contribution in [0.2, 0.25) is 0 Å². The third-order valence-electron chi connectivity index (χ3n) is 7.49. The third-order valence-corrected chi connectivity index (χ3v) is 7.49. The van der Waals surface area contributed by atoms with Crippen LogP contribution in [0.3, 0.4) is 0 Å². The summed E-state index contributed by atoms with van der Waals surface area (Å²) in [5.74, 6) is -1.46. The molecule has 1 aliphatic carbocycles. The molecule has 1 aliphatic heterocycles. The molecule has 1 spiro atoms. The van der Waals surface area contributed by atoms with Gasteiger partial charge in [-0.3, -0.25) is 19.3 Å². The van der Waals surface area contributed by atoms with Gasteiger partial charge in [-0.25, -0.2) is 4.79 Å². The van der Waals surface area contributed by atoms with Gasteiger partial charge in [0.05, 0.1) is 0 Å². The van der Waals surface area contributed by atoms with E-state index in [1.54, 1.807) is 0 Å². The number of nitrogens with zero attached hydrogens (tertiary/aromatic N) is 2. The third kappa shape index (κ3) is 4.88. The van der Waals surface area contributed by atoms with Crippen molar-refractivity contribution >= 4 is 23.7 Å². The molecule has 0 bridgehead atoms. The van der Waals surface area contributed by atoms with Crippen molar-refractivity contribution in [3.8, 4) is 0 Å². The zero-order chi connectivity index (χ0) is 25.2. The van der Waals surface area contributed by atoms with E-state index in [1.165, 1.54) is 5.56 Å². The maximum absolute atomic E-state index is 13.0. The Kier molecular flexibility index (Phi) is 7.10. The van der Waals surface area contributed by atoms with E-state index in [9.17, 15) is 19.2 Å². The van der Waals surface area contributed by atoms with Crippen molar-refractivity contribution in [2.45, 2.75) is 65.0 Å². The summed E-state index contributed by atoms with van der Waals surface area (Å²) in [6.07, 6.45) is 4.13. The molecule has 1 N–H and O–H groups in total. The number of ketones is 1. The molecule has 186 valence electrons. The van der Waals surface area contributed by atoms with Crippen LogP contribution in [0.25, 0.3) is 0 Å². The van der Waals surface area contributed by atoms with Gasteiger partial charge in [0.25, 0.3) is 5.91 Å². The predicted octanol–water partition coefficient (Wildman–Crippen LogP) is 3.57. The Labute approximate surface area is 205 Å². The average Bonchev–Trinajstić information content (AvgIpc) is 3.26. The summed E-state index contributed by atoms with van der Waals surface area (Å²) in [4.78, 5) is 51.6. The molecule has 2 heterocycles. The number of amides is 3. The molecular weight excluding hydrogens is 446 g/mol. The van der Waals surface area contributed by atoms with Crippen molar-refractivity contribution in [2.75, 3.05) is 13.2 Å². The van der Waals surface area contributed by atoms with Gasteiger partial charge in [-0.05, 0) is 50.7 Å². The van der Waals surface area contributed by atoms with Gasteiger partial charge in [0, 0.05) is 23.5 Å². The SMILES string of the molecule is Cc1cc(C(=O)COC(=O)CN2C(=O)N[C@@]3(CCCC[C@H]3C)C2=O)c(C)n1CCc1ccccc1. The van der Waals surface area contributed by atoms with Gasteiger partial charge in [-0.2, -0.15) is 0 Å². The summed E-state index contributed by atoms with van der Waals surface area (Å²) in [5, 5.41) is 2.82. The van der Waals surface area contributed by atoms with E-state index in [-0.39, 0.29) is 17.6 Å². The molecular formula is C27H33N3O5. The average molecular weight is 480 g/mol. The fourth-order valence-electron chi connectivity index (χ4n) is 5.35. The number of aryl methyl sites for hydroxylation is 2. The van der Waals surface area contributed by atoms with E-state index < -0.39 is 30.7 Å². The standard InChI is InChI=1S/C27H33N3O5/c1-18-9-7-8-13-27(18)25(33)30(26(34)28-27)16-24(32)35-17-23(31)22-15-19(2)29(20(22)3)14-12-21-10-5-4-6-11-21/h4-6,10-11,15,18H,7-9,12-14,16-17H2,1-3H3,(H,28,34)/t18-,27-/m1/s1.